The fraction of sp³-hybridized carbons (Fsp3) is 0.143. The molecule has 0 saturated carbocycles. The third-order valence-electron chi connectivity index (χ3n) is 2.48. The van der Waals surface area contributed by atoms with Gasteiger partial charge in [-0.2, -0.15) is 5.26 Å². The fourth-order valence-corrected chi connectivity index (χ4v) is 1.62. The molecule has 0 fully saturated rings. The number of anilines is 3. The van der Waals surface area contributed by atoms with E-state index in [2.05, 4.69) is 10.3 Å². The fourth-order valence-electron chi connectivity index (χ4n) is 1.62. The van der Waals surface area contributed by atoms with Crippen LogP contribution in [0.2, 0.25) is 0 Å². The summed E-state index contributed by atoms with van der Waals surface area (Å²) in [5.74, 6) is 1.29. The van der Waals surface area contributed by atoms with Gasteiger partial charge in [0.2, 0.25) is 0 Å². The van der Waals surface area contributed by atoms with Gasteiger partial charge in [-0.3, -0.25) is 0 Å². The summed E-state index contributed by atoms with van der Waals surface area (Å²) in [6.45, 7) is 2.50. The molecular weight excluding hydrogens is 240 g/mol. The number of pyridine rings is 1. The molecule has 0 saturated heterocycles. The van der Waals surface area contributed by atoms with E-state index in [1.54, 1.807) is 12.1 Å². The average Bonchev–Trinajstić information content (AvgIpc) is 2.43. The van der Waals surface area contributed by atoms with Crippen molar-refractivity contribution in [2.24, 2.45) is 0 Å². The molecule has 3 N–H and O–H groups in total. The van der Waals surface area contributed by atoms with E-state index in [9.17, 15) is 0 Å². The molecule has 1 aromatic carbocycles. The van der Waals surface area contributed by atoms with Crippen LogP contribution in [0.15, 0.2) is 36.4 Å². The zero-order valence-electron chi connectivity index (χ0n) is 10.6. The molecule has 0 aliphatic heterocycles. The molecular formula is C14H14N4O. The van der Waals surface area contributed by atoms with Gasteiger partial charge in [0.15, 0.2) is 5.69 Å². The predicted molar refractivity (Wildman–Crippen MR) is 74.3 cm³/mol. The van der Waals surface area contributed by atoms with E-state index in [0.717, 1.165) is 11.4 Å². The summed E-state index contributed by atoms with van der Waals surface area (Å²) in [5, 5.41) is 12.0. The first-order valence-corrected chi connectivity index (χ1v) is 5.90. The summed E-state index contributed by atoms with van der Waals surface area (Å²) in [6.07, 6.45) is 0. The van der Waals surface area contributed by atoms with Gasteiger partial charge in [-0.25, -0.2) is 4.98 Å². The van der Waals surface area contributed by atoms with Gasteiger partial charge in [0.05, 0.1) is 18.0 Å². The van der Waals surface area contributed by atoms with Gasteiger partial charge in [0.1, 0.15) is 17.6 Å². The lowest BCUT2D eigenvalue weighted by Gasteiger charge is -2.11. The van der Waals surface area contributed by atoms with Crippen LogP contribution < -0.4 is 15.8 Å². The van der Waals surface area contributed by atoms with Gasteiger partial charge >= 0.3 is 0 Å². The van der Waals surface area contributed by atoms with Gasteiger partial charge in [-0.05, 0) is 31.2 Å². The molecule has 0 atom stereocenters. The molecule has 0 amide bonds. The smallest absolute Gasteiger partial charge is 0.165 e. The van der Waals surface area contributed by atoms with Crippen molar-refractivity contribution >= 4 is 17.2 Å². The first-order valence-electron chi connectivity index (χ1n) is 5.90. The lowest BCUT2D eigenvalue weighted by molar-refractivity contribution is 0.342. The number of aromatic nitrogens is 1. The molecule has 1 aromatic heterocycles. The number of rotatable bonds is 4. The van der Waals surface area contributed by atoms with Gasteiger partial charge < -0.3 is 15.8 Å². The number of nitriles is 1. The zero-order valence-corrected chi connectivity index (χ0v) is 10.6. The second-order valence-electron chi connectivity index (χ2n) is 3.80. The molecule has 1 heterocycles. The van der Waals surface area contributed by atoms with Crippen LogP contribution >= 0.6 is 0 Å². The van der Waals surface area contributed by atoms with Gasteiger partial charge in [0, 0.05) is 0 Å². The van der Waals surface area contributed by atoms with Crippen LogP contribution in [-0.2, 0) is 0 Å². The van der Waals surface area contributed by atoms with Crippen molar-refractivity contribution < 1.29 is 4.74 Å². The Labute approximate surface area is 111 Å². The van der Waals surface area contributed by atoms with Crippen LogP contribution in [0.25, 0.3) is 0 Å². The topological polar surface area (TPSA) is 84.0 Å². The molecule has 2 rings (SSSR count). The maximum absolute atomic E-state index is 8.90. The van der Waals surface area contributed by atoms with Gasteiger partial charge in [-0.15, -0.1) is 0 Å². The predicted octanol–water partition coefficient (Wildman–Crippen LogP) is 2.68. The summed E-state index contributed by atoms with van der Waals surface area (Å²) in [7, 11) is 0. The lowest BCUT2D eigenvalue weighted by Crippen LogP contribution is -2.01. The second-order valence-corrected chi connectivity index (χ2v) is 3.80. The Morgan fingerprint density at radius 1 is 1.32 bits per heavy atom. The molecule has 0 bridgehead atoms. The third kappa shape index (κ3) is 2.93. The first-order chi connectivity index (χ1) is 9.24. The Bertz CT molecular complexity index is 619. The molecule has 5 nitrogen and oxygen atoms in total. The summed E-state index contributed by atoms with van der Waals surface area (Å²) in [5.41, 5.74) is 7.00. The quantitative estimate of drug-likeness (QED) is 0.876. The van der Waals surface area contributed by atoms with E-state index in [-0.39, 0.29) is 5.69 Å². The van der Waals surface area contributed by atoms with E-state index in [0.29, 0.717) is 18.1 Å². The summed E-state index contributed by atoms with van der Waals surface area (Å²) < 4.78 is 5.51. The third-order valence-corrected chi connectivity index (χ3v) is 2.48. The summed E-state index contributed by atoms with van der Waals surface area (Å²) in [4.78, 5) is 4.13. The van der Waals surface area contributed by atoms with Gasteiger partial charge in [-0.1, -0.05) is 12.1 Å². The van der Waals surface area contributed by atoms with E-state index in [4.69, 9.17) is 15.7 Å². The number of nitrogens with two attached hydrogens (primary N) is 1. The molecule has 19 heavy (non-hydrogen) atoms. The Kier molecular flexibility index (Phi) is 3.84. The minimum Gasteiger partial charge on any atom is -0.492 e. The van der Waals surface area contributed by atoms with Crippen LogP contribution in [0.1, 0.15) is 12.6 Å². The highest BCUT2D eigenvalue weighted by atomic mass is 16.5. The van der Waals surface area contributed by atoms with Crippen LogP contribution in [0.5, 0.6) is 5.75 Å². The van der Waals surface area contributed by atoms with Crippen molar-refractivity contribution in [3.05, 3.63) is 42.1 Å². The number of hydrogen-bond donors (Lipinski definition) is 2. The monoisotopic (exact) mass is 254 g/mol. The van der Waals surface area contributed by atoms with Gasteiger partial charge in [0.25, 0.3) is 0 Å². The van der Waals surface area contributed by atoms with E-state index in [1.807, 2.05) is 37.3 Å². The van der Waals surface area contributed by atoms with Crippen molar-refractivity contribution in [3.63, 3.8) is 0 Å². The average molecular weight is 254 g/mol. The number of benzene rings is 1. The van der Waals surface area contributed by atoms with E-state index < -0.39 is 0 Å². The second kappa shape index (κ2) is 5.74. The minimum absolute atomic E-state index is 0.207. The normalized spacial score (nSPS) is 9.68. The lowest BCUT2D eigenvalue weighted by atomic mass is 10.2. The Balaban J connectivity index is 2.29. The highest BCUT2D eigenvalue weighted by Gasteiger charge is 2.06. The number of nitrogens with zero attached hydrogens (tertiary/aromatic N) is 2. The summed E-state index contributed by atoms with van der Waals surface area (Å²) in [6, 6.07) is 12.9. The van der Waals surface area contributed by atoms with Crippen molar-refractivity contribution in [2.75, 3.05) is 17.7 Å². The molecule has 0 aliphatic carbocycles. The van der Waals surface area contributed by atoms with Crippen molar-refractivity contribution in [2.45, 2.75) is 6.92 Å². The Morgan fingerprint density at radius 3 is 2.84 bits per heavy atom. The van der Waals surface area contributed by atoms with E-state index in [1.165, 1.54) is 0 Å². The molecule has 0 spiro atoms. The highest BCUT2D eigenvalue weighted by Crippen LogP contribution is 2.27. The molecule has 0 aliphatic rings. The molecule has 5 heteroatoms. The zero-order chi connectivity index (χ0) is 13.7. The standard InChI is InChI=1S/C14H14N4O/c1-2-19-13-6-4-3-5-11(13)17-14-8-7-10(16)12(9-15)18-14/h3-8H,2,16H2,1H3,(H,17,18). The van der Waals surface area contributed by atoms with Crippen LogP contribution in [0.3, 0.4) is 0 Å². The molecule has 96 valence electrons. The molecule has 0 unspecified atom stereocenters. The van der Waals surface area contributed by atoms with E-state index >= 15 is 0 Å². The number of ether oxygens (including phenoxy) is 1. The van der Waals surface area contributed by atoms with Crippen LogP contribution in [-0.4, -0.2) is 11.6 Å². The number of para-hydroxylation sites is 2. The maximum Gasteiger partial charge on any atom is 0.165 e. The van der Waals surface area contributed by atoms with Crippen molar-refractivity contribution in [3.8, 4) is 11.8 Å². The first kappa shape index (κ1) is 12.7. The SMILES string of the molecule is CCOc1ccccc1Nc1ccc(N)c(C#N)n1. The number of nitrogens with one attached hydrogen (secondary N) is 1. The van der Waals surface area contributed by atoms with Crippen molar-refractivity contribution in [1.82, 2.24) is 4.98 Å². The van der Waals surface area contributed by atoms with Crippen molar-refractivity contribution in [1.29, 1.82) is 5.26 Å². The maximum atomic E-state index is 8.90. The summed E-state index contributed by atoms with van der Waals surface area (Å²) >= 11 is 0. The number of nitrogen functional groups attached to an aromatic ring is 1. The van der Waals surface area contributed by atoms with Crippen LogP contribution in [0, 0.1) is 11.3 Å². The molecule has 2 aromatic rings. The Hall–Kier alpha value is -2.74. The minimum atomic E-state index is 0.207. The molecule has 0 radical (unpaired) electrons. The van der Waals surface area contributed by atoms with Crippen LogP contribution in [0.4, 0.5) is 17.2 Å². The highest BCUT2D eigenvalue weighted by molar-refractivity contribution is 5.66. The Morgan fingerprint density at radius 2 is 2.11 bits per heavy atom. The largest absolute Gasteiger partial charge is 0.492 e. The number of hydrogen-bond acceptors (Lipinski definition) is 5.